The number of allylic oxidation sites excluding steroid dienone is 1. The normalized spacial score (nSPS) is 20.7. The fraction of sp³-hybridized carbons (Fsp3) is 0.278. The van der Waals surface area contributed by atoms with E-state index in [2.05, 4.69) is 0 Å². The second-order valence-electron chi connectivity index (χ2n) is 5.29. The number of carbonyl (C=O) groups excluding carboxylic acids is 1. The van der Waals surface area contributed by atoms with Gasteiger partial charge >= 0.3 is 0 Å². The van der Waals surface area contributed by atoms with Crippen LogP contribution in [-0.4, -0.2) is 12.9 Å². The fourth-order valence-electron chi connectivity index (χ4n) is 2.82. The van der Waals surface area contributed by atoms with E-state index in [0.29, 0.717) is 6.42 Å². The van der Waals surface area contributed by atoms with Gasteiger partial charge in [0.2, 0.25) is 0 Å². The van der Waals surface area contributed by atoms with Gasteiger partial charge in [-0.15, -0.1) is 0 Å². The van der Waals surface area contributed by atoms with Gasteiger partial charge < -0.3 is 9.15 Å². The van der Waals surface area contributed by atoms with Crippen molar-refractivity contribution in [3.05, 3.63) is 59.6 Å². The van der Waals surface area contributed by atoms with Gasteiger partial charge in [-0.05, 0) is 42.7 Å². The lowest BCUT2D eigenvalue weighted by molar-refractivity contribution is -0.116. The molecular formula is C18H18O3. The molecule has 1 aliphatic carbocycles. The smallest absolute Gasteiger partial charge is 0.159 e. The lowest BCUT2D eigenvalue weighted by atomic mass is 9.83. The summed E-state index contributed by atoms with van der Waals surface area (Å²) in [5.41, 5.74) is 1.84. The maximum absolute atomic E-state index is 12.4. The van der Waals surface area contributed by atoms with Gasteiger partial charge in [-0.1, -0.05) is 18.2 Å². The molecule has 0 N–H and O–H groups in total. The summed E-state index contributed by atoms with van der Waals surface area (Å²) in [6.45, 7) is 0. The fourth-order valence-corrected chi connectivity index (χ4v) is 2.82. The van der Waals surface area contributed by atoms with Crippen LogP contribution in [-0.2, 0) is 4.79 Å². The Morgan fingerprint density at radius 1 is 1.24 bits per heavy atom. The second kappa shape index (κ2) is 6.00. The molecule has 1 fully saturated rings. The Morgan fingerprint density at radius 2 is 2.10 bits per heavy atom. The van der Waals surface area contributed by atoms with Crippen LogP contribution in [0.5, 0.6) is 5.75 Å². The van der Waals surface area contributed by atoms with E-state index in [-0.39, 0.29) is 11.7 Å². The number of ketones is 1. The van der Waals surface area contributed by atoms with Crippen LogP contribution in [0.15, 0.2) is 52.7 Å². The third-order valence-corrected chi connectivity index (χ3v) is 3.97. The summed E-state index contributed by atoms with van der Waals surface area (Å²) >= 11 is 0. The molecule has 1 heterocycles. The molecule has 3 nitrogen and oxygen atoms in total. The monoisotopic (exact) mass is 282 g/mol. The minimum absolute atomic E-state index is 0.202. The van der Waals surface area contributed by atoms with Gasteiger partial charge in [0.05, 0.1) is 13.4 Å². The second-order valence-corrected chi connectivity index (χ2v) is 5.29. The largest absolute Gasteiger partial charge is 0.496 e. The molecule has 0 aliphatic heterocycles. The molecule has 0 spiro atoms. The van der Waals surface area contributed by atoms with E-state index >= 15 is 0 Å². The van der Waals surface area contributed by atoms with Gasteiger partial charge in [-0.25, -0.2) is 0 Å². The van der Waals surface area contributed by atoms with Crippen molar-refractivity contribution >= 4 is 11.9 Å². The van der Waals surface area contributed by atoms with Crippen LogP contribution >= 0.6 is 0 Å². The van der Waals surface area contributed by atoms with Crippen LogP contribution in [0.1, 0.15) is 36.5 Å². The number of Topliss-reactive ketones (excluding diaryl/α,β-unsaturated/α-hetero) is 1. The lowest BCUT2D eigenvalue weighted by Gasteiger charge is -2.21. The first-order valence-electron chi connectivity index (χ1n) is 7.18. The first-order valence-corrected chi connectivity index (χ1v) is 7.18. The van der Waals surface area contributed by atoms with E-state index in [1.165, 1.54) is 0 Å². The topological polar surface area (TPSA) is 39.4 Å². The quantitative estimate of drug-likeness (QED) is 0.792. The molecule has 0 amide bonds. The summed E-state index contributed by atoms with van der Waals surface area (Å²) in [6.07, 6.45) is 5.87. The molecule has 2 aromatic rings. The minimum Gasteiger partial charge on any atom is -0.496 e. The van der Waals surface area contributed by atoms with Gasteiger partial charge in [-0.2, -0.15) is 0 Å². The zero-order valence-electron chi connectivity index (χ0n) is 12.0. The third kappa shape index (κ3) is 2.92. The highest BCUT2D eigenvalue weighted by Gasteiger charge is 2.26. The Bertz CT molecular complexity index is 653. The molecule has 0 bridgehead atoms. The Labute approximate surface area is 124 Å². The molecule has 1 unspecified atom stereocenters. The molecule has 3 rings (SSSR count). The highest BCUT2D eigenvalue weighted by atomic mass is 16.5. The zero-order chi connectivity index (χ0) is 14.7. The van der Waals surface area contributed by atoms with Gasteiger partial charge in [0, 0.05) is 17.9 Å². The molecule has 1 aliphatic rings. The molecule has 108 valence electrons. The maximum atomic E-state index is 12.4. The van der Waals surface area contributed by atoms with Crippen molar-refractivity contribution in [3.63, 3.8) is 0 Å². The molecule has 0 radical (unpaired) electrons. The molecule has 1 atom stereocenters. The number of methoxy groups -OCH3 is 1. The molecule has 3 heteroatoms. The van der Waals surface area contributed by atoms with E-state index in [4.69, 9.17) is 9.15 Å². The van der Waals surface area contributed by atoms with E-state index in [1.807, 2.05) is 42.5 Å². The number of para-hydroxylation sites is 1. The number of hydrogen-bond acceptors (Lipinski definition) is 3. The van der Waals surface area contributed by atoms with Crippen molar-refractivity contribution in [1.29, 1.82) is 0 Å². The van der Waals surface area contributed by atoms with Crippen LogP contribution in [0.3, 0.4) is 0 Å². The van der Waals surface area contributed by atoms with E-state index < -0.39 is 0 Å². The van der Waals surface area contributed by atoms with Crippen LogP contribution < -0.4 is 4.74 Å². The van der Waals surface area contributed by atoms with E-state index in [1.54, 1.807) is 13.4 Å². The van der Waals surface area contributed by atoms with Crippen molar-refractivity contribution in [2.75, 3.05) is 7.11 Å². The minimum atomic E-state index is 0.202. The number of ether oxygens (including phenoxy) is 1. The van der Waals surface area contributed by atoms with Crippen LogP contribution in [0.4, 0.5) is 0 Å². The van der Waals surface area contributed by atoms with Gasteiger partial charge in [0.15, 0.2) is 5.78 Å². The summed E-state index contributed by atoms with van der Waals surface area (Å²) < 4.78 is 10.8. The third-order valence-electron chi connectivity index (χ3n) is 3.97. The number of benzene rings is 1. The predicted octanol–water partition coefficient (Wildman–Crippen LogP) is 4.21. The van der Waals surface area contributed by atoms with Crippen LogP contribution in [0.2, 0.25) is 0 Å². The summed E-state index contributed by atoms with van der Waals surface area (Å²) in [5, 5.41) is 0. The summed E-state index contributed by atoms with van der Waals surface area (Å²) in [4.78, 5) is 12.4. The summed E-state index contributed by atoms with van der Waals surface area (Å²) in [7, 11) is 1.65. The van der Waals surface area contributed by atoms with Crippen LogP contribution in [0.25, 0.3) is 6.08 Å². The maximum Gasteiger partial charge on any atom is 0.159 e. The molecule has 21 heavy (non-hydrogen) atoms. The highest BCUT2D eigenvalue weighted by Crippen LogP contribution is 2.35. The molecular weight excluding hydrogens is 264 g/mol. The first-order chi connectivity index (χ1) is 10.3. The number of furan rings is 1. The first kappa shape index (κ1) is 13.7. The highest BCUT2D eigenvalue weighted by molar-refractivity contribution is 6.00. The molecule has 1 aromatic heterocycles. The Kier molecular flexibility index (Phi) is 3.91. The van der Waals surface area contributed by atoms with Crippen molar-refractivity contribution in [2.24, 2.45) is 0 Å². The zero-order valence-corrected chi connectivity index (χ0v) is 12.0. The number of hydrogen-bond donors (Lipinski definition) is 0. The molecule has 0 saturated heterocycles. The lowest BCUT2D eigenvalue weighted by Crippen LogP contribution is -2.16. The Hall–Kier alpha value is -2.29. The number of carbonyl (C=O) groups is 1. The standard InChI is InChI=1S/C18H18O3/c1-20-17-6-3-2-5-14(17)11-13-8-9-15(12-16(13)19)18-7-4-10-21-18/h2-7,10-11,15H,8-9,12H2,1H3. The Morgan fingerprint density at radius 3 is 2.81 bits per heavy atom. The summed E-state index contributed by atoms with van der Waals surface area (Å²) in [5.74, 6) is 2.13. The van der Waals surface area contributed by atoms with Crippen molar-refractivity contribution < 1.29 is 13.9 Å². The van der Waals surface area contributed by atoms with E-state index in [9.17, 15) is 4.79 Å². The van der Waals surface area contributed by atoms with Gasteiger partial charge in [-0.3, -0.25) is 4.79 Å². The molecule has 1 saturated carbocycles. The molecule has 1 aromatic carbocycles. The SMILES string of the molecule is COc1ccccc1C=C1CCC(c2ccco2)CC1=O. The van der Waals surface area contributed by atoms with Gasteiger partial charge in [0.1, 0.15) is 11.5 Å². The number of rotatable bonds is 3. The predicted molar refractivity (Wildman–Crippen MR) is 81.3 cm³/mol. The average molecular weight is 282 g/mol. The Balaban J connectivity index is 1.79. The summed E-state index contributed by atoms with van der Waals surface area (Å²) in [6, 6.07) is 11.6. The van der Waals surface area contributed by atoms with Crippen molar-refractivity contribution in [3.8, 4) is 5.75 Å². The van der Waals surface area contributed by atoms with Gasteiger partial charge in [0.25, 0.3) is 0 Å². The van der Waals surface area contributed by atoms with Crippen molar-refractivity contribution in [2.45, 2.75) is 25.2 Å². The van der Waals surface area contributed by atoms with Crippen LogP contribution in [0, 0.1) is 0 Å². The average Bonchev–Trinajstić information content (AvgIpc) is 3.04. The van der Waals surface area contributed by atoms with Crippen molar-refractivity contribution in [1.82, 2.24) is 0 Å². The van der Waals surface area contributed by atoms with E-state index in [0.717, 1.165) is 35.5 Å².